The maximum Gasteiger partial charge on any atom is 0.223 e. The van der Waals surface area contributed by atoms with Crippen LogP contribution in [0.1, 0.15) is 53.4 Å². The quantitative estimate of drug-likeness (QED) is 0.862. The summed E-state index contributed by atoms with van der Waals surface area (Å²) in [7, 11) is 0. The smallest absolute Gasteiger partial charge is 0.223 e. The lowest BCUT2D eigenvalue weighted by atomic mass is 9.62. The largest absolute Gasteiger partial charge is 0.339 e. The first-order valence-corrected chi connectivity index (χ1v) is 9.26. The Morgan fingerprint density at radius 3 is 2.64 bits per heavy atom. The number of hydrogen-bond acceptors (Lipinski definition) is 4. The molecule has 3 unspecified atom stereocenters. The SMILES string of the molecule is CC(=O)SCC1CC(=O)N(C2CC(C)(C)CC(C)(CN)C2)C1. The van der Waals surface area contributed by atoms with Crippen molar-refractivity contribution in [2.45, 2.75) is 59.4 Å². The number of rotatable bonds is 4. The Hall–Kier alpha value is -0.550. The van der Waals surface area contributed by atoms with Crippen molar-refractivity contribution in [1.29, 1.82) is 0 Å². The highest BCUT2D eigenvalue weighted by Crippen LogP contribution is 2.47. The zero-order valence-corrected chi connectivity index (χ0v) is 15.2. The molecule has 0 aromatic rings. The molecule has 1 aliphatic carbocycles. The van der Waals surface area contributed by atoms with Crippen molar-refractivity contribution >= 4 is 22.8 Å². The summed E-state index contributed by atoms with van der Waals surface area (Å²) >= 11 is 1.35. The van der Waals surface area contributed by atoms with Crippen molar-refractivity contribution < 1.29 is 9.59 Å². The molecule has 1 aliphatic heterocycles. The molecule has 5 heteroatoms. The molecule has 0 radical (unpaired) electrons. The molecule has 2 aliphatic rings. The Morgan fingerprint density at radius 2 is 2.05 bits per heavy atom. The van der Waals surface area contributed by atoms with E-state index in [1.807, 2.05) is 0 Å². The summed E-state index contributed by atoms with van der Waals surface area (Å²) < 4.78 is 0. The normalized spacial score (nSPS) is 35.0. The van der Waals surface area contributed by atoms with Crippen molar-refractivity contribution in [2.75, 3.05) is 18.8 Å². The van der Waals surface area contributed by atoms with Gasteiger partial charge in [0, 0.05) is 31.7 Å². The second kappa shape index (κ2) is 6.52. The fraction of sp³-hybridized carbons (Fsp3) is 0.882. The molecule has 3 atom stereocenters. The van der Waals surface area contributed by atoms with Gasteiger partial charge in [0.05, 0.1) is 0 Å². The van der Waals surface area contributed by atoms with Crippen LogP contribution in [0.25, 0.3) is 0 Å². The van der Waals surface area contributed by atoms with Crippen LogP contribution < -0.4 is 5.73 Å². The third kappa shape index (κ3) is 4.25. The lowest BCUT2D eigenvalue weighted by Gasteiger charge is -2.48. The van der Waals surface area contributed by atoms with Crippen molar-refractivity contribution in [3.05, 3.63) is 0 Å². The number of nitrogens with zero attached hydrogens (tertiary/aromatic N) is 1. The number of hydrogen-bond donors (Lipinski definition) is 1. The molecular weight excluding hydrogens is 296 g/mol. The van der Waals surface area contributed by atoms with Gasteiger partial charge in [-0.3, -0.25) is 9.59 Å². The van der Waals surface area contributed by atoms with Crippen LogP contribution in [0.3, 0.4) is 0 Å². The number of thioether (sulfide) groups is 1. The fourth-order valence-corrected chi connectivity index (χ4v) is 5.16. The highest BCUT2D eigenvalue weighted by molar-refractivity contribution is 8.13. The molecule has 1 heterocycles. The fourth-order valence-electron chi connectivity index (χ4n) is 4.46. The first-order valence-electron chi connectivity index (χ1n) is 8.27. The summed E-state index contributed by atoms with van der Waals surface area (Å²) in [6.45, 7) is 9.91. The van der Waals surface area contributed by atoms with Gasteiger partial charge in [-0.15, -0.1) is 0 Å². The van der Waals surface area contributed by atoms with Gasteiger partial charge in [-0.1, -0.05) is 32.5 Å². The van der Waals surface area contributed by atoms with Crippen LogP contribution in [0, 0.1) is 16.7 Å². The maximum absolute atomic E-state index is 12.4. The second-order valence-corrected chi connectivity index (χ2v) is 9.53. The average molecular weight is 327 g/mol. The van der Waals surface area contributed by atoms with Crippen LogP contribution in [0.2, 0.25) is 0 Å². The molecule has 22 heavy (non-hydrogen) atoms. The zero-order chi connectivity index (χ0) is 16.5. The Morgan fingerprint density at radius 1 is 1.36 bits per heavy atom. The Labute approximate surface area is 138 Å². The van der Waals surface area contributed by atoms with Gasteiger partial charge in [0.1, 0.15) is 0 Å². The van der Waals surface area contributed by atoms with Crippen LogP contribution in [0.4, 0.5) is 0 Å². The molecule has 1 saturated carbocycles. The predicted molar refractivity (Wildman–Crippen MR) is 91.5 cm³/mol. The van der Waals surface area contributed by atoms with Gasteiger partial charge in [0.25, 0.3) is 0 Å². The number of carbonyl (C=O) groups excluding carboxylic acids is 2. The van der Waals surface area contributed by atoms with E-state index in [1.165, 1.54) is 11.8 Å². The number of amides is 1. The molecule has 2 rings (SSSR count). The minimum absolute atomic E-state index is 0.124. The summed E-state index contributed by atoms with van der Waals surface area (Å²) in [5.41, 5.74) is 6.37. The molecule has 0 spiro atoms. The number of nitrogens with two attached hydrogens (primary N) is 1. The van der Waals surface area contributed by atoms with Crippen molar-refractivity contribution in [3.63, 3.8) is 0 Å². The lowest BCUT2D eigenvalue weighted by molar-refractivity contribution is -0.132. The second-order valence-electron chi connectivity index (χ2n) is 8.34. The van der Waals surface area contributed by atoms with E-state index >= 15 is 0 Å². The first-order chi connectivity index (χ1) is 10.1. The summed E-state index contributed by atoms with van der Waals surface area (Å²) in [6.07, 6.45) is 3.78. The van der Waals surface area contributed by atoms with Crippen molar-refractivity contribution in [1.82, 2.24) is 4.90 Å². The highest BCUT2D eigenvalue weighted by Gasteiger charge is 2.45. The van der Waals surface area contributed by atoms with E-state index in [0.717, 1.165) is 31.6 Å². The first kappa shape index (κ1) is 17.8. The van der Waals surface area contributed by atoms with Gasteiger partial charge in [0.2, 0.25) is 5.91 Å². The summed E-state index contributed by atoms with van der Waals surface area (Å²) in [4.78, 5) is 25.6. The molecule has 0 aromatic heterocycles. The Bertz CT molecular complexity index is 452. The monoisotopic (exact) mass is 326 g/mol. The highest BCUT2D eigenvalue weighted by atomic mass is 32.2. The molecule has 2 fully saturated rings. The van der Waals surface area contributed by atoms with Gasteiger partial charge in [-0.05, 0) is 42.6 Å². The zero-order valence-electron chi connectivity index (χ0n) is 14.4. The number of carbonyl (C=O) groups is 2. The third-order valence-electron chi connectivity index (χ3n) is 5.12. The molecular formula is C17H30N2O2S. The van der Waals surface area contributed by atoms with Gasteiger partial charge >= 0.3 is 0 Å². The summed E-state index contributed by atoms with van der Waals surface area (Å²) in [6, 6.07) is 0.303. The minimum Gasteiger partial charge on any atom is -0.339 e. The van der Waals surface area contributed by atoms with Crippen LogP contribution in [-0.4, -0.2) is 40.8 Å². The van der Waals surface area contributed by atoms with Gasteiger partial charge in [-0.25, -0.2) is 0 Å². The van der Waals surface area contributed by atoms with Crippen molar-refractivity contribution in [2.24, 2.45) is 22.5 Å². The molecule has 0 aromatic carbocycles. The van der Waals surface area contributed by atoms with E-state index in [4.69, 9.17) is 5.73 Å². The van der Waals surface area contributed by atoms with Crippen LogP contribution in [0.15, 0.2) is 0 Å². The lowest BCUT2D eigenvalue weighted by Crippen LogP contribution is -2.49. The molecule has 2 N–H and O–H groups in total. The summed E-state index contributed by atoms with van der Waals surface area (Å²) in [5.74, 6) is 1.34. The standard InChI is InChI=1S/C17H30N2O2S/c1-12(20)22-9-13-5-15(21)19(8-13)14-6-16(2,3)10-17(4,7-14)11-18/h13-14H,5-11,18H2,1-4H3. The number of likely N-dealkylation sites (tertiary alicyclic amines) is 1. The van der Waals surface area contributed by atoms with E-state index in [-0.39, 0.29) is 21.9 Å². The van der Waals surface area contributed by atoms with Gasteiger partial charge in [0.15, 0.2) is 5.12 Å². The molecule has 1 saturated heterocycles. The Kier molecular flexibility index (Phi) is 5.27. The van der Waals surface area contributed by atoms with E-state index in [1.54, 1.807) is 6.92 Å². The van der Waals surface area contributed by atoms with E-state index in [0.29, 0.717) is 24.9 Å². The maximum atomic E-state index is 12.4. The topological polar surface area (TPSA) is 63.4 Å². The molecule has 0 bridgehead atoms. The third-order valence-corrected chi connectivity index (χ3v) is 6.16. The predicted octanol–water partition coefficient (Wildman–Crippen LogP) is 2.66. The van der Waals surface area contributed by atoms with Crippen LogP contribution in [0.5, 0.6) is 0 Å². The summed E-state index contributed by atoms with van der Waals surface area (Å²) in [5, 5.41) is 0.139. The van der Waals surface area contributed by atoms with E-state index in [9.17, 15) is 9.59 Å². The van der Waals surface area contributed by atoms with Gasteiger partial charge < -0.3 is 10.6 Å². The molecule has 126 valence electrons. The van der Waals surface area contributed by atoms with E-state index < -0.39 is 0 Å². The Balaban J connectivity index is 2.04. The molecule has 1 amide bonds. The van der Waals surface area contributed by atoms with Crippen LogP contribution in [-0.2, 0) is 9.59 Å². The minimum atomic E-state index is 0.124. The van der Waals surface area contributed by atoms with E-state index in [2.05, 4.69) is 25.7 Å². The molecule has 4 nitrogen and oxygen atoms in total. The van der Waals surface area contributed by atoms with Crippen LogP contribution >= 0.6 is 11.8 Å². The average Bonchev–Trinajstić information content (AvgIpc) is 2.75. The van der Waals surface area contributed by atoms with Crippen molar-refractivity contribution in [3.8, 4) is 0 Å². The van der Waals surface area contributed by atoms with Gasteiger partial charge in [-0.2, -0.15) is 0 Å².